The molecular formula is C19H21ClFNO3S. The number of benzene rings is 2. The largest absolute Gasteiger partial charge is 0.492 e. The van der Waals surface area contributed by atoms with Gasteiger partial charge in [-0.05, 0) is 43.8 Å². The minimum atomic E-state index is -0.897. The van der Waals surface area contributed by atoms with Crippen LogP contribution in [-0.2, 0) is 4.79 Å². The Morgan fingerprint density at radius 2 is 2.08 bits per heavy atom. The maximum Gasteiger partial charge on any atom is 0.321 e. The van der Waals surface area contributed by atoms with Crippen molar-refractivity contribution in [1.82, 2.24) is 5.32 Å². The van der Waals surface area contributed by atoms with E-state index in [9.17, 15) is 14.3 Å². The smallest absolute Gasteiger partial charge is 0.321 e. The number of likely N-dealkylation sites (N-methyl/N-ethyl adjacent to an activating group) is 1. The molecule has 0 radical (unpaired) electrons. The second-order valence-electron chi connectivity index (χ2n) is 5.71. The molecule has 0 bridgehead atoms. The predicted octanol–water partition coefficient (Wildman–Crippen LogP) is 4.71. The standard InChI is InChI=1S/C19H21ClFNO3S/c1-3-12(18(22-2)19(23)24)11-25-16-6-4-5-7-17(16)26-13-8-9-15(21)14(20)10-13/h4-10,12,18,22H,3,11H2,1-2H3,(H,23,24). The molecule has 26 heavy (non-hydrogen) atoms. The molecule has 7 heteroatoms. The summed E-state index contributed by atoms with van der Waals surface area (Å²) in [5.41, 5.74) is 0. The van der Waals surface area contributed by atoms with Gasteiger partial charge < -0.3 is 15.2 Å². The van der Waals surface area contributed by atoms with Gasteiger partial charge in [0.15, 0.2) is 0 Å². The second kappa shape index (κ2) is 9.80. The van der Waals surface area contributed by atoms with Gasteiger partial charge in [-0.2, -0.15) is 0 Å². The fourth-order valence-corrected chi connectivity index (χ4v) is 3.71. The minimum absolute atomic E-state index is 0.0674. The highest BCUT2D eigenvalue weighted by molar-refractivity contribution is 7.99. The van der Waals surface area contributed by atoms with Gasteiger partial charge in [0.25, 0.3) is 0 Å². The van der Waals surface area contributed by atoms with Crippen LogP contribution < -0.4 is 10.1 Å². The van der Waals surface area contributed by atoms with Gasteiger partial charge in [0, 0.05) is 10.8 Å². The molecule has 140 valence electrons. The van der Waals surface area contributed by atoms with Crippen molar-refractivity contribution < 1.29 is 19.0 Å². The predicted molar refractivity (Wildman–Crippen MR) is 102 cm³/mol. The van der Waals surface area contributed by atoms with E-state index in [1.54, 1.807) is 19.2 Å². The minimum Gasteiger partial charge on any atom is -0.492 e. The summed E-state index contributed by atoms with van der Waals surface area (Å²) in [5.74, 6) is -0.878. The van der Waals surface area contributed by atoms with E-state index in [1.807, 2.05) is 31.2 Å². The Hall–Kier alpha value is -1.76. The van der Waals surface area contributed by atoms with Crippen LogP contribution in [-0.4, -0.2) is 30.8 Å². The summed E-state index contributed by atoms with van der Waals surface area (Å²) in [7, 11) is 1.63. The maximum absolute atomic E-state index is 13.3. The Balaban J connectivity index is 2.13. The third-order valence-electron chi connectivity index (χ3n) is 3.99. The third-order valence-corrected chi connectivity index (χ3v) is 5.33. The van der Waals surface area contributed by atoms with Crippen LogP contribution in [0.5, 0.6) is 5.75 Å². The van der Waals surface area contributed by atoms with Crippen molar-refractivity contribution in [3.05, 3.63) is 53.3 Å². The zero-order valence-electron chi connectivity index (χ0n) is 14.5. The number of aliphatic carboxylic acids is 1. The molecule has 2 unspecified atom stereocenters. The number of nitrogens with one attached hydrogen (secondary N) is 1. The lowest BCUT2D eigenvalue weighted by Crippen LogP contribution is -2.43. The van der Waals surface area contributed by atoms with Gasteiger partial charge in [-0.15, -0.1) is 0 Å². The average molecular weight is 398 g/mol. The van der Waals surface area contributed by atoms with Crippen molar-refractivity contribution in [2.75, 3.05) is 13.7 Å². The van der Waals surface area contributed by atoms with Crippen LogP contribution in [0.1, 0.15) is 13.3 Å². The van der Waals surface area contributed by atoms with Gasteiger partial charge in [0.05, 0.1) is 16.5 Å². The molecule has 0 fully saturated rings. The highest BCUT2D eigenvalue weighted by Crippen LogP contribution is 2.36. The fraction of sp³-hybridized carbons (Fsp3) is 0.316. The molecule has 0 spiro atoms. The zero-order chi connectivity index (χ0) is 19.1. The molecule has 0 aliphatic rings. The normalized spacial score (nSPS) is 13.2. The molecular weight excluding hydrogens is 377 g/mol. The Morgan fingerprint density at radius 1 is 1.35 bits per heavy atom. The van der Waals surface area contributed by atoms with E-state index in [0.29, 0.717) is 12.2 Å². The average Bonchev–Trinajstić information content (AvgIpc) is 2.62. The molecule has 0 heterocycles. The molecule has 2 aromatic rings. The fourth-order valence-electron chi connectivity index (χ4n) is 2.53. The number of para-hydroxylation sites is 1. The second-order valence-corrected chi connectivity index (χ2v) is 7.23. The molecule has 0 amide bonds. The quantitative estimate of drug-likeness (QED) is 0.641. The van der Waals surface area contributed by atoms with E-state index in [-0.39, 0.29) is 17.5 Å². The highest BCUT2D eigenvalue weighted by Gasteiger charge is 2.26. The van der Waals surface area contributed by atoms with Crippen LogP contribution in [0.4, 0.5) is 4.39 Å². The summed E-state index contributed by atoms with van der Waals surface area (Å²) >= 11 is 7.25. The Morgan fingerprint density at radius 3 is 2.69 bits per heavy atom. The molecule has 2 rings (SSSR count). The van der Waals surface area contributed by atoms with Crippen molar-refractivity contribution in [3.63, 3.8) is 0 Å². The van der Waals surface area contributed by atoms with Crippen molar-refractivity contribution in [2.45, 2.75) is 29.2 Å². The van der Waals surface area contributed by atoms with Crippen LogP contribution in [0.3, 0.4) is 0 Å². The van der Waals surface area contributed by atoms with E-state index in [0.717, 1.165) is 9.79 Å². The Kier molecular flexibility index (Phi) is 7.75. The van der Waals surface area contributed by atoms with Gasteiger partial charge >= 0.3 is 5.97 Å². The van der Waals surface area contributed by atoms with E-state index >= 15 is 0 Å². The summed E-state index contributed by atoms with van der Waals surface area (Å²) in [6, 6.07) is 11.3. The van der Waals surface area contributed by atoms with Gasteiger partial charge in [-0.25, -0.2) is 4.39 Å². The van der Waals surface area contributed by atoms with Crippen molar-refractivity contribution in [2.24, 2.45) is 5.92 Å². The number of carbonyl (C=O) groups is 1. The third kappa shape index (κ3) is 5.37. The monoisotopic (exact) mass is 397 g/mol. The van der Waals surface area contributed by atoms with E-state index < -0.39 is 17.8 Å². The molecule has 0 aromatic heterocycles. The number of hydrogen-bond acceptors (Lipinski definition) is 4. The summed E-state index contributed by atoms with van der Waals surface area (Å²) in [6.07, 6.45) is 0.667. The van der Waals surface area contributed by atoms with Crippen LogP contribution in [0.15, 0.2) is 52.3 Å². The first-order chi connectivity index (χ1) is 12.5. The zero-order valence-corrected chi connectivity index (χ0v) is 16.1. The lowest BCUT2D eigenvalue weighted by atomic mass is 9.98. The topological polar surface area (TPSA) is 58.6 Å². The van der Waals surface area contributed by atoms with Gasteiger partial charge in [-0.3, -0.25) is 4.79 Å². The van der Waals surface area contributed by atoms with Gasteiger partial charge in [0.1, 0.15) is 17.6 Å². The van der Waals surface area contributed by atoms with E-state index in [1.165, 1.54) is 17.8 Å². The first kappa shape index (κ1) is 20.6. The number of halogens is 2. The van der Waals surface area contributed by atoms with Crippen molar-refractivity contribution in [1.29, 1.82) is 0 Å². The Labute approximate surface area is 161 Å². The number of rotatable bonds is 9. The van der Waals surface area contributed by atoms with Gasteiger partial charge in [0.2, 0.25) is 0 Å². The maximum atomic E-state index is 13.3. The van der Waals surface area contributed by atoms with Crippen molar-refractivity contribution in [3.8, 4) is 5.75 Å². The summed E-state index contributed by atoms with van der Waals surface area (Å²) in [6.45, 7) is 2.21. The first-order valence-corrected chi connectivity index (χ1v) is 9.40. The SMILES string of the molecule is CCC(COc1ccccc1Sc1ccc(F)c(Cl)c1)C(NC)C(=O)O. The highest BCUT2D eigenvalue weighted by atomic mass is 35.5. The number of carboxylic acid groups (broad SMARTS) is 1. The lowest BCUT2D eigenvalue weighted by Gasteiger charge is -2.23. The van der Waals surface area contributed by atoms with E-state index in [2.05, 4.69) is 5.32 Å². The number of carboxylic acids is 1. The van der Waals surface area contributed by atoms with Crippen LogP contribution in [0.2, 0.25) is 5.02 Å². The van der Waals surface area contributed by atoms with Crippen LogP contribution >= 0.6 is 23.4 Å². The molecule has 4 nitrogen and oxygen atoms in total. The van der Waals surface area contributed by atoms with Crippen LogP contribution in [0, 0.1) is 11.7 Å². The first-order valence-electron chi connectivity index (χ1n) is 8.21. The lowest BCUT2D eigenvalue weighted by molar-refractivity contribution is -0.141. The van der Waals surface area contributed by atoms with Crippen molar-refractivity contribution >= 4 is 29.3 Å². The molecule has 0 aliphatic heterocycles. The number of hydrogen-bond donors (Lipinski definition) is 2. The summed E-state index contributed by atoms with van der Waals surface area (Å²) in [4.78, 5) is 13.0. The molecule has 2 N–H and O–H groups in total. The molecule has 0 saturated carbocycles. The molecule has 2 aromatic carbocycles. The molecule has 2 atom stereocenters. The molecule has 0 saturated heterocycles. The van der Waals surface area contributed by atoms with E-state index in [4.69, 9.17) is 16.3 Å². The Bertz CT molecular complexity index is 759. The summed E-state index contributed by atoms with van der Waals surface area (Å²) in [5, 5.41) is 12.2. The summed E-state index contributed by atoms with van der Waals surface area (Å²) < 4.78 is 19.2. The number of ether oxygens (including phenoxy) is 1. The van der Waals surface area contributed by atoms with Crippen LogP contribution in [0.25, 0.3) is 0 Å². The molecule has 0 aliphatic carbocycles. The van der Waals surface area contributed by atoms with Gasteiger partial charge in [-0.1, -0.05) is 42.4 Å².